The van der Waals surface area contributed by atoms with Crippen LogP contribution in [0.1, 0.15) is 0 Å². The fourth-order valence-corrected chi connectivity index (χ4v) is 2.64. The molecule has 0 radical (unpaired) electrons. The SMILES string of the molecule is Nc1ccc(-c2ccc(N)c3c2OS(=O)(=O)O3)cc1. The summed E-state index contributed by atoms with van der Waals surface area (Å²) in [4.78, 5) is 0. The predicted molar refractivity (Wildman–Crippen MR) is 70.9 cm³/mol. The van der Waals surface area contributed by atoms with Crippen molar-refractivity contribution in [3.63, 3.8) is 0 Å². The molecule has 0 amide bonds. The van der Waals surface area contributed by atoms with E-state index in [-0.39, 0.29) is 17.2 Å². The van der Waals surface area contributed by atoms with E-state index in [4.69, 9.17) is 19.8 Å². The van der Waals surface area contributed by atoms with Crippen molar-refractivity contribution >= 4 is 21.8 Å². The summed E-state index contributed by atoms with van der Waals surface area (Å²) >= 11 is 0. The highest BCUT2D eigenvalue weighted by Gasteiger charge is 2.33. The van der Waals surface area contributed by atoms with E-state index >= 15 is 0 Å². The molecule has 0 aliphatic carbocycles. The molecule has 2 aromatic rings. The molecule has 0 fully saturated rings. The molecule has 0 saturated heterocycles. The number of nitrogen functional groups attached to an aromatic ring is 2. The molecule has 0 unspecified atom stereocenters. The van der Waals surface area contributed by atoms with E-state index in [0.717, 1.165) is 5.56 Å². The van der Waals surface area contributed by atoms with Crippen molar-refractivity contribution in [3.05, 3.63) is 36.4 Å². The predicted octanol–water partition coefficient (Wildman–Crippen LogP) is 1.53. The van der Waals surface area contributed by atoms with Gasteiger partial charge in [0, 0.05) is 11.3 Å². The van der Waals surface area contributed by atoms with Crippen LogP contribution in [0.15, 0.2) is 36.4 Å². The van der Waals surface area contributed by atoms with Crippen LogP contribution in [-0.2, 0) is 10.4 Å². The van der Waals surface area contributed by atoms with E-state index in [0.29, 0.717) is 11.3 Å². The minimum absolute atomic E-state index is 0.0225. The number of fused-ring (bicyclic) bond motifs is 1. The van der Waals surface area contributed by atoms with Crippen molar-refractivity contribution in [1.29, 1.82) is 0 Å². The van der Waals surface area contributed by atoms with Crippen LogP contribution in [0.3, 0.4) is 0 Å². The van der Waals surface area contributed by atoms with Gasteiger partial charge in [-0.3, -0.25) is 0 Å². The third kappa shape index (κ3) is 1.93. The highest BCUT2D eigenvalue weighted by atomic mass is 32.3. The maximum absolute atomic E-state index is 11.4. The summed E-state index contributed by atoms with van der Waals surface area (Å²) in [6.45, 7) is 0. The molecule has 3 rings (SSSR count). The Labute approximate surface area is 109 Å². The molecule has 98 valence electrons. The van der Waals surface area contributed by atoms with Crippen molar-refractivity contribution < 1.29 is 16.8 Å². The molecule has 7 heteroatoms. The lowest BCUT2D eigenvalue weighted by Crippen LogP contribution is -2.08. The van der Waals surface area contributed by atoms with E-state index in [9.17, 15) is 8.42 Å². The Hall–Kier alpha value is -2.41. The third-order valence-corrected chi connectivity index (χ3v) is 3.48. The lowest BCUT2D eigenvalue weighted by atomic mass is 10.0. The molecule has 6 nitrogen and oxygen atoms in total. The summed E-state index contributed by atoms with van der Waals surface area (Å²) in [6, 6.07) is 10.2. The molecule has 1 aliphatic heterocycles. The maximum atomic E-state index is 11.4. The second kappa shape index (κ2) is 3.79. The zero-order chi connectivity index (χ0) is 13.6. The second-order valence-electron chi connectivity index (χ2n) is 4.06. The van der Waals surface area contributed by atoms with Crippen LogP contribution in [-0.4, -0.2) is 8.42 Å². The highest BCUT2D eigenvalue weighted by molar-refractivity contribution is 7.82. The average Bonchev–Trinajstić information content (AvgIpc) is 2.68. The smallest absolute Gasteiger partial charge is 0.399 e. The second-order valence-corrected chi connectivity index (χ2v) is 5.21. The number of rotatable bonds is 1. The molecule has 4 N–H and O–H groups in total. The lowest BCUT2D eigenvalue weighted by Gasteiger charge is -2.06. The number of anilines is 2. The molecule has 0 aromatic heterocycles. The minimum Gasteiger partial charge on any atom is -0.399 e. The van der Waals surface area contributed by atoms with Crippen molar-refractivity contribution in [3.8, 4) is 22.6 Å². The summed E-state index contributed by atoms with van der Waals surface area (Å²) in [5, 5.41) is 0. The fraction of sp³-hybridized carbons (Fsp3) is 0. The minimum atomic E-state index is -4.07. The summed E-state index contributed by atoms with van der Waals surface area (Å²) in [5.41, 5.74) is 13.4. The Morgan fingerprint density at radius 2 is 1.47 bits per heavy atom. The average molecular weight is 278 g/mol. The van der Waals surface area contributed by atoms with E-state index < -0.39 is 10.4 Å². The molecule has 0 spiro atoms. The standard InChI is InChI=1S/C12H10N2O4S/c13-8-3-1-7(2-4-8)9-5-6-10(14)12-11(9)17-19(15,16)18-12/h1-6H,13-14H2. The molecular formula is C12H10N2O4S. The Morgan fingerprint density at radius 1 is 0.842 bits per heavy atom. The van der Waals surface area contributed by atoms with Gasteiger partial charge >= 0.3 is 10.4 Å². The van der Waals surface area contributed by atoms with Gasteiger partial charge < -0.3 is 19.8 Å². The van der Waals surface area contributed by atoms with E-state index in [2.05, 4.69) is 0 Å². The Morgan fingerprint density at radius 3 is 2.16 bits per heavy atom. The van der Waals surface area contributed by atoms with Gasteiger partial charge in [-0.25, -0.2) is 0 Å². The van der Waals surface area contributed by atoms with E-state index in [1.165, 1.54) is 0 Å². The lowest BCUT2D eigenvalue weighted by molar-refractivity contribution is 0.437. The topological polar surface area (TPSA) is 105 Å². The largest absolute Gasteiger partial charge is 0.501 e. The van der Waals surface area contributed by atoms with Gasteiger partial charge in [-0.1, -0.05) is 12.1 Å². The number of benzene rings is 2. The molecular weight excluding hydrogens is 268 g/mol. The fourth-order valence-electron chi connectivity index (χ4n) is 1.86. The van der Waals surface area contributed by atoms with Crippen LogP contribution in [0.25, 0.3) is 11.1 Å². The molecule has 2 aromatic carbocycles. The first-order valence-corrected chi connectivity index (χ1v) is 6.72. The quantitative estimate of drug-likeness (QED) is 0.766. The van der Waals surface area contributed by atoms with Gasteiger partial charge in [0.15, 0.2) is 5.75 Å². The third-order valence-electron chi connectivity index (χ3n) is 2.74. The zero-order valence-electron chi connectivity index (χ0n) is 9.66. The van der Waals surface area contributed by atoms with Crippen molar-refractivity contribution in [2.75, 3.05) is 11.5 Å². The number of hydrogen-bond donors (Lipinski definition) is 2. The Balaban J connectivity index is 2.20. The van der Waals surface area contributed by atoms with Crippen molar-refractivity contribution in [2.45, 2.75) is 0 Å². The molecule has 1 aliphatic rings. The Bertz CT molecular complexity index is 754. The van der Waals surface area contributed by atoms with Crippen molar-refractivity contribution in [1.82, 2.24) is 0 Å². The van der Waals surface area contributed by atoms with Crippen LogP contribution in [0.4, 0.5) is 11.4 Å². The van der Waals surface area contributed by atoms with Gasteiger partial charge in [-0.15, -0.1) is 8.42 Å². The van der Waals surface area contributed by atoms with Gasteiger partial charge in [-0.05, 0) is 29.8 Å². The van der Waals surface area contributed by atoms with Crippen LogP contribution < -0.4 is 19.8 Å². The first kappa shape index (κ1) is 11.7. The monoisotopic (exact) mass is 278 g/mol. The van der Waals surface area contributed by atoms with E-state index in [1.807, 2.05) is 0 Å². The van der Waals surface area contributed by atoms with Crippen LogP contribution in [0.2, 0.25) is 0 Å². The summed E-state index contributed by atoms with van der Waals surface area (Å²) < 4.78 is 32.3. The zero-order valence-corrected chi connectivity index (χ0v) is 10.5. The van der Waals surface area contributed by atoms with Crippen molar-refractivity contribution in [2.24, 2.45) is 0 Å². The normalized spacial score (nSPS) is 15.4. The number of nitrogens with two attached hydrogens (primary N) is 2. The van der Waals surface area contributed by atoms with Gasteiger partial charge in [0.05, 0.1) is 5.69 Å². The van der Waals surface area contributed by atoms with Crippen LogP contribution in [0, 0.1) is 0 Å². The molecule has 0 saturated carbocycles. The summed E-state index contributed by atoms with van der Waals surface area (Å²) in [7, 11) is -4.07. The summed E-state index contributed by atoms with van der Waals surface area (Å²) in [5.74, 6) is 0.124. The summed E-state index contributed by atoms with van der Waals surface area (Å²) in [6.07, 6.45) is 0. The highest BCUT2D eigenvalue weighted by Crippen LogP contribution is 2.47. The van der Waals surface area contributed by atoms with Crippen LogP contribution >= 0.6 is 0 Å². The Kier molecular flexibility index (Phi) is 2.33. The number of hydrogen-bond acceptors (Lipinski definition) is 6. The van der Waals surface area contributed by atoms with Gasteiger partial charge in [0.2, 0.25) is 5.75 Å². The molecule has 1 heterocycles. The van der Waals surface area contributed by atoms with E-state index in [1.54, 1.807) is 36.4 Å². The van der Waals surface area contributed by atoms with Gasteiger partial charge in [0.25, 0.3) is 0 Å². The van der Waals surface area contributed by atoms with Crippen LogP contribution in [0.5, 0.6) is 11.5 Å². The maximum Gasteiger partial charge on any atom is 0.501 e. The first-order valence-electron chi connectivity index (χ1n) is 5.38. The molecule has 0 atom stereocenters. The van der Waals surface area contributed by atoms with Gasteiger partial charge in [-0.2, -0.15) is 0 Å². The van der Waals surface area contributed by atoms with Gasteiger partial charge in [0.1, 0.15) is 0 Å². The first-order chi connectivity index (χ1) is 8.96. The molecule has 19 heavy (non-hydrogen) atoms. The molecule has 0 bridgehead atoms.